The van der Waals surface area contributed by atoms with Gasteiger partial charge in [-0.1, -0.05) is 20.3 Å². The van der Waals surface area contributed by atoms with Crippen molar-refractivity contribution in [2.75, 3.05) is 47.3 Å². The lowest BCUT2D eigenvalue weighted by molar-refractivity contribution is -0.497. The second-order valence-electron chi connectivity index (χ2n) is 5.51. The lowest BCUT2D eigenvalue weighted by Crippen LogP contribution is -3.00. The molecule has 0 aromatic carbocycles. The Hall–Kier alpha value is 0.570. The maximum atomic E-state index is 3.56. The molecule has 1 rings (SSSR count). The van der Waals surface area contributed by atoms with Crippen molar-refractivity contribution in [2.24, 2.45) is 0 Å². The highest BCUT2D eigenvalue weighted by Gasteiger charge is 2.30. The molecule has 1 aliphatic rings. The van der Waals surface area contributed by atoms with Crippen LogP contribution in [0.4, 0.5) is 0 Å². The minimum absolute atomic E-state index is 0. The maximum absolute atomic E-state index is 3.56. The molecule has 0 aromatic heterocycles. The Labute approximate surface area is 149 Å². The predicted molar refractivity (Wildman–Crippen MR) is 93.5 cm³/mol. The van der Waals surface area contributed by atoms with Crippen molar-refractivity contribution in [3.05, 3.63) is 0 Å². The highest BCUT2D eigenvalue weighted by Crippen LogP contribution is 2.33. The summed E-state index contributed by atoms with van der Waals surface area (Å²) in [5.74, 6) is 0. The van der Waals surface area contributed by atoms with E-state index in [0.29, 0.717) is 5.50 Å². The molecular formula is C14H31BrN4S2. The van der Waals surface area contributed by atoms with Gasteiger partial charge in [0.15, 0.2) is 0 Å². The monoisotopic (exact) mass is 398 g/mol. The second-order valence-corrected chi connectivity index (χ2v) is 7.78. The standard InChI is InChI=1S/C14H30N4S2.BrH/c1-6-8-11-18(7-2)12-9-10-17(5)14-15-13(16(3)4)19-20-14;/h13H,6-12H2,1-5H3;1H. The van der Waals surface area contributed by atoms with E-state index < -0.39 is 0 Å². The van der Waals surface area contributed by atoms with Crippen molar-refractivity contribution < 1.29 is 21.6 Å². The molecule has 1 aliphatic heterocycles. The van der Waals surface area contributed by atoms with Gasteiger partial charge in [0.05, 0.1) is 13.6 Å². The van der Waals surface area contributed by atoms with E-state index in [0.717, 1.165) is 6.54 Å². The molecule has 126 valence electrons. The summed E-state index contributed by atoms with van der Waals surface area (Å²) >= 11 is 0. The maximum Gasteiger partial charge on any atom is 0.319 e. The molecule has 1 heterocycles. The predicted octanol–water partition coefficient (Wildman–Crippen LogP) is -0.669. The van der Waals surface area contributed by atoms with Gasteiger partial charge in [-0.15, -0.1) is 0 Å². The molecule has 1 fully saturated rings. The molecule has 0 radical (unpaired) electrons. The zero-order valence-corrected chi connectivity index (χ0v) is 17.3. The number of hydrogen-bond acceptors (Lipinski definition) is 4. The lowest BCUT2D eigenvalue weighted by atomic mass is 10.3. The molecule has 0 aromatic rings. The number of halogens is 1. The Bertz CT molecular complexity index is 313. The van der Waals surface area contributed by atoms with Gasteiger partial charge in [-0.3, -0.25) is 9.48 Å². The van der Waals surface area contributed by atoms with E-state index >= 15 is 0 Å². The zero-order valence-electron chi connectivity index (χ0n) is 14.1. The van der Waals surface area contributed by atoms with Gasteiger partial charge in [0.25, 0.3) is 0 Å². The molecule has 1 N–H and O–H groups in total. The second kappa shape index (κ2) is 12.0. The van der Waals surface area contributed by atoms with Crippen LogP contribution in [0.3, 0.4) is 0 Å². The molecule has 0 amide bonds. The largest absolute Gasteiger partial charge is 1.00 e. The Morgan fingerprint density at radius 1 is 1.19 bits per heavy atom. The van der Waals surface area contributed by atoms with Gasteiger partial charge in [0.2, 0.25) is 5.50 Å². The van der Waals surface area contributed by atoms with Crippen LogP contribution in [-0.4, -0.2) is 72.4 Å². The fourth-order valence-corrected chi connectivity index (χ4v) is 4.78. The average molecular weight is 399 g/mol. The van der Waals surface area contributed by atoms with Crippen LogP contribution < -0.4 is 22.3 Å². The first-order valence-electron chi connectivity index (χ1n) is 7.65. The number of nitrogens with zero attached hydrogens (tertiary/aromatic N) is 3. The van der Waals surface area contributed by atoms with Crippen molar-refractivity contribution in [2.45, 2.75) is 38.6 Å². The van der Waals surface area contributed by atoms with Crippen LogP contribution in [0.1, 0.15) is 33.1 Å². The molecular weight excluding hydrogens is 368 g/mol. The quantitative estimate of drug-likeness (QED) is 0.409. The first kappa shape index (κ1) is 21.6. The summed E-state index contributed by atoms with van der Waals surface area (Å²) in [7, 11) is 10.2. The minimum atomic E-state index is 0. The Morgan fingerprint density at radius 2 is 1.86 bits per heavy atom. The van der Waals surface area contributed by atoms with Crippen molar-refractivity contribution in [3.63, 3.8) is 0 Å². The van der Waals surface area contributed by atoms with Crippen molar-refractivity contribution in [1.29, 1.82) is 0 Å². The third-order valence-electron chi connectivity index (χ3n) is 3.52. The number of unbranched alkanes of at least 4 members (excludes halogenated alkanes) is 1. The van der Waals surface area contributed by atoms with Crippen LogP contribution in [0, 0.1) is 0 Å². The molecule has 0 spiro atoms. The smallest absolute Gasteiger partial charge is 0.319 e. The van der Waals surface area contributed by atoms with Crippen LogP contribution >= 0.6 is 21.6 Å². The summed E-state index contributed by atoms with van der Waals surface area (Å²) in [5, 5.41) is 4.85. The summed E-state index contributed by atoms with van der Waals surface area (Å²) in [6.45, 7) is 9.29. The Kier molecular flexibility index (Phi) is 12.4. The minimum Gasteiger partial charge on any atom is -1.00 e. The SMILES string of the molecule is CCCCN(CC)CCC[N+](C)=C1NC(N(C)C)SS1.[Br-]. The topological polar surface area (TPSA) is 21.5 Å². The first-order valence-corrected chi connectivity index (χ1v) is 9.86. The lowest BCUT2D eigenvalue weighted by Gasteiger charge is -2.19. The zero-order chi connectivity index (χ0) is 15.0. The number of hydrogen-bond donors (Lipinski definition) is 1. The summed E-state index contributed by atoms with van der Waals surface area (Å²) in [4.78, 5) is 4.77. The fourth-order valence-electron chi connectivity index (χ4n) is 2.08. The molecule has 0 aliphatic carbocycles. The van der Waals surface area contributed by atoms with Gasteiger partial charge in [0.1, 0.15) is 0 Å². The average Bonchev–Trinajstić information content (AvgIpc) is 2.92. The third kappa shape index (κ3) is 8.11. The van der Waals surface area contributed by atoms with Crippen LogP contribution in [-0.2, 0) is 0 Å². The molecule has 7 heteroatoms. The van der Waals surface area contributed by atoms with Crippen LogP contribution in [0.2, 0.25) is 0 Å². The molecule has 0 bridgehead atoms. The van der Waals surface area contributed by atoms with Gasteiger partial charge in [-0.25, -0.2) is 5.32 Å². The summed E-state index contributed by atoms with van der Waals surface area (Å²) in [6, 6.07) is 0. The molecule has 4 nitrogen and oxygen atoms in total. The van der Waals surface area contributed by atoms with Crippen LogP contribution in [0.15, 0.2) is 0 Å². The molecule has 21 heavy (non-hydrogen) atoms. The van der Waals surface area contributed by atoms with E-state index in [1.807, 2.05) is 21.6 Å². The van der Waals surface area contributed by atoms with Gasteiger partial charge in [0, 0.05) is 17.3 Å². The molecule has 0 saturated carbocycles. The summed E-state index contributed by atoms with van der Waals surface area (Å²) in [5.41, 5.74) is 0.397. The van der Waals surface area contributed by atoms with E-state index in [9.17, 15) is 0 Å². The van der Waals surface area contributed by atoms with Gasteiger partial charge >= 0.3 is 5.17 Å². The molecule has 1 atom stereocenters. The van der Waals surface area contributed by atoms with Crippen LogP contribution in [0.5, 0.6) is 0 Å². The van der Waals surface area contributed by atoms with E-state index in [-0.39, 0.29) is 17.0 Å². The Balaban J connectivity index is 0.00000400. The van der Waals surface area contributed by atoms with E-state index in [2.05, 4.69) is 54.7 Å². The van der Waals surface area contributed by atoms with Crippen molar-refractivity contribution >= 4 is 26.8 Å². The highest BCUT2D eigenvalue weighted by molar-refractivity contribution is 8.83. The molecule has 1 saturated heterocycles. The van der Waals surface area contributed by atoms with Crippen LogP contribution in [0.25, 0.3) is 0 Å². The van der Waals surface area contributed by atoms with Gasteiger partial charge in [-0.05, 0) is 50.8 Å². The van der Waals surface area contributed by atoms with Crippen molar-refractivity contribution in [3.8, 4) is 0 Å². The Morgan fingerprint density at radius 3 is 2.38 bits per heavy atom. The summed E-state index contributed by atoms with van der Waals surface area (Å²) in [6.07, 6.45) is 3.84. The normalized spacial score (nSPS) is 20.6. The summed E-state index contributed by atoms with van der Waals surface area (Å²) < 4.78 is 2.36. The van der Waals surface area contributed by atoms with E-state index in [4.69, 9.17) is 0 Å². The number of amidine groups is 1. The highest BCUT2D eigenvalue weighted by atomic mass is 79.9. The van der Waals surface area contributed by atoms with Gasteiger partial charge < -0.3 is 21.9 Å². The van der Waals surface area contributed by atoms with E-state index in [1.165, 1.54) is 44.1 Å². The van der Waals surface area contributed by atoms with E-state index in [1.54, 1.807) is 0 Å². The van der Waals surface area contributed by atoms with Gasteiger partial charge in [-0.2, -0.15) is 0 Å². The fraction of sp³-hybridized carbons (Fsp3) is 0.929. The van der Waals surface area contributed by atoms with Crippen molar-refractivity contribution in [1.82, 2.24) is 15.1 Å². The third-order valence-corrected chi connectivity index (χ3v) is 6.24. The number of nitrogens with one attached hydrogen (secondary N) is 1. The molecule has 1 unspecified atom stereocenters. The number of rotatable bonds is 9. The first-order chi connectivity index (χ1) is 9.58.